The molecule has 1 aromatic carbocycles. The molecule has 3 rings (SSSR count). The Kier molecular flexibility index (Phi) is 6.02. The quantitative estimate of drug-likeness (QED) is 0.725. The molecule has 2 N–H and O–H groups in total. The van der Waals surface area contributed by atoms with Crippen LogP contribution in [0.15, 0.2) is 27.4 Å². The maximum Gasteiger partial charge on any atom is 0.339 e. The predicted octanol–water partition coefficient (Wildman–Crippen LogP) is 1.41. The van der Waals surface area contributed by atoms with Gasteiger partial charge in [0.05, 0.1) is 0 Å². The van der Waals surface area contributed by atoms with E-state index in [0.29, 0.717) is 30.5 Å². The van der Waals surface area contributed by atoms with Crippen molar-refractivity contribution in [3.63, 3.8) is 0 Å². The molecular formula is C21H24NO6-. The van der Waals surface area contributed by atoms with Crippen molar-refractivity contribution in [1.82, 2.24) is 5.32 Å². The van der Waals surface area contributed by atoms with Crippen LogP contribution in [0.3, 0.4) is 0 Å². The number of carbonyl (C=O) groups excluding carboxylic acids is 2. The van der Waals surface area contributed by atoms with E-state index in [1.165, 1.54) is 12.1 Å². The minimum absolute atomic E-state index is 0.0239. The van der Waals surface area contributed by atoms with E-state index in [4.69, 9.17) is 4.42 Å². The number of amides is 1. The predicted molar refractivity (Wildman–Crippen MR) is 101 cm³/mol. The first-order valence-electron chi connectivity index (χ1n) is 9.58. The molecule has 2 aromatic rings. The van der Waals surface area contributed by atoms with E-state index in [1.54, 1.807) is 13.0 Å². The van der Waals surface area contributed by atoms with Crippen LogP contribution in [0.2, 0.25) is 0 Å². The number of aromatic hydroxyl groups is 1. The van der Waals surface area contributed by atoms with E-state index in [9.17, 15) is 24.6 Å². The lowest BCUT2D eigenvalue weighted by molar-refractivity contribution is -0.312. The summed E-state index contributed by atoms with van der Waals surface area (Å²) in [7, 11) is 0. The van der Waals surface area contributed by atoms with Gasteiger partial charge < -0.3 is 24.7 Å². The van der Waals surface area contributed by atoms with Crippen molar-refractivity contribution in [3.8, 4) is 5.75 Å². The molecule has 28 heavy (non-hydrogen) atoms. The number of hydrogen-bond acceptors (Lipinski definition) is 6. The van der Waals surface area contributed by atoms with Gasteiger partial charge in [0, 0.05) is 36.0 Å². The third kappa shape index (κ3) is 4.52. The Morgan fingerprint density at radius 3 is 2.64 bits per heavy atom. The molecule has 0 spiro atoms. The van der Waals surface area contributed by atoms with Crippen LogP contribution in [0, 0.1) is 18.8 Å². The normalized spacial score (nSPS) is 19.5. The summed E-state index contributed by atoms with van der Waals surface area (Å²) in [5.41, 5.74) is 1.04. The number of rotatable bonds is 6. The number of carboxylic acid groups (broad SMARTS) is 1. The highest BCUT2D eigenvalue weighted by atomic mass is 16.4. The fourth-order valence-corrected chi connectivity index (χ4v) is 3.86. The first-order chi connectivity index (χ1) is 13.3. The van der Waals surface area contributed by atoms with Gasteiger partial charge in [-0.3, -0.25) is 4.79 Å². The number of carboxylic acids is 1. The van der Waals surface area contributed by atoms with Gasteiger partial charge in [0.1, 0.15) is 11.3 Å². The summed E-state index contributed by atoms with van der Waals surface area (Å²) in [4.78, 5) is 35.3. The summed E-state index contributed by atoms with van der Waals surface area (Å²) < 4.78 is 5.27. The highest BCUT2D eigenvalue weighted by Crippen LogP contribution is 2.28. The van der Waals surface area contributed by atoms with Gasteiger partial charge in [-0.25, -0.2) is 4.79 Å². The minimum Gasteiger partial charge on any atom is -0.550 e. The van der Waals surface area contributed by atoms with Crippen LogP contribution in [0.5, 0.6) is 5.75 Å². The van der Waals surface area contributed by atoms with Crippen LogP contribution in [0.25, 0.3) is 11.0 Å². The second kappa shape index (κ2) is 8.46. The lowest BCUT2D eigenvalue weighted by Gasteiger charge is -2.29. The van der Waals surface area contributed by atoms with E-state index in [-0.39, 0.29) is 36.3 Å². The number of fused-ring (bicyclic) bond motifs is 1. The van der Waals surface area contributed by atoms with Gasteiger partial charge in [-0.15, -0.1) is 0 Å². The maximum atomic E-state index is 12.2. The van der Waals surface area contributed by atoms with Crippen molar-refractivity contribution in [1.29, 1.82) is 0 Å². The Morgan fingerprint density at radius 2 is 1.96 bits per heavy atom. The lowest BCUT2D eigenvalue weighted by atomic mass is 9.82. The van der Waals surface area contributed by atoms with Crippen LogP contribution in [0.4, 0.5) is 0 Å². The zero-order valence-corrected chi connectivity index (χ0v) is 15.8. The average molecular weight is 386 g/mol. The fraction of sp³-hybridized carbons (Fsp3) is 0.476. The van der Waals surface area contributed by atoms with Gasteiger partial charge in [0.2, 0.25) is 5.91 Å². The largest absolute Gasteiger partial charge is 0.550 e. The molecule has 1 aliphatic carbocycles. The molecule has 1 fully saturated rings. The number of benzene rings is 1. The second-order valence-corrected chi connectivity index (χ2v) is 7.51. The van der Waals surface area contributed by atoms with Crippen LogP contribution in [-0.4, -0.2) is 23.5 Å². The molecule has 1 aliphatic rings. The van der Waals surface area contributed by atoms with Crippen LogP contribution < -0.4 is 16.0 Å². The number of phenolic OH excluding ortho intramolecular Hbond substituents is 1. The molecule has 7 heteroatoms. The molecule has 1 saturated carbocycles. The summed E-state index contributed by atoms with van der Waals surface area (Å²) in [6.45, 7) is 2.32. The van der Waals surface area contributed by atoms with Crippen molar-refractivity contribution >= 4 is 22.8 Å². The Labute approximate surface area is 162 Å². The molecule has 0 atom stereocenters. The second-order valence-electron chi connectivity index (χ2n) is 7.51. The van der Waals surface area contributed by atoms with Gasteiger partial charge in [0.25, 0.3) is 0 Å². The molecule has 0 unspecified atom stereocenters. The number of carbonyl (C=O) groups is 2. The molecule has 0 radical (unpaired) electrons. The van der Waals surface area contributed by atoms with Crippen LogP contribution in [0.1, 0.15) is 43.2 Å². The molecule has 1 amide bonds. The zero-order valence-electron chi connectivity index (χ0n) is 15.8. The highest BCUT2D eigenvalue weighted by Gasteiger charge is 2.22. The standard InChI is InChI=1S/C21H25NO6/c1-12-16-7-6-15(23)10-18(16)28-21(27)17(12)8-9-19(24)22-11-13-2-4-14(5-3-13)20(25)26/h6-7,10,13-14,23H,2-5,8-9,11H2,1H3,(H,22,24)(H,25,26)/p-1. The summed E-state index contributed by atoms with van der Waals surface area (Å²) in [5.74, 6) is -1.20. The zero-order chi connectivity index (χ0) is 20.3. The van der Waals surface area contributed by atoms with Crippen molar-refractivity contribution in [2.24, 2.45) is 11.8 Å². The lowest BCUT2D eigenvalue weighted by Crippen LogP contribution is -2.36. The van der Waals surface area contributed by atoms with Crippen molar-refractivity contribution in [3.05, 3.63) is 39.7 Å². The topological polar surface area (TPSA) is 120 Å². The van der Waals surface area contributed by atoms with Crippen molar-refractivity contribution in [2.45, 2.75) is 45.4 Å². The molecule has 1 heterocycles. The number of aryl methyl sites for hydroxylation is 1. The molecule has 0 bridgehead atoms. The number of phenols is 1. The van der Waals surface area contributed by atoms with Gasteiger partial charge >= 0.3 is 5.63 Å². The van der Waals surface area contributed by atoms with Crippen molar-refractivity contribution < 1.29 is 24.2 Å². The summed E-state index contributed by atoms with van der Waals surface area (Å²) in [6.07, 6.45) is 3.15. The summed E-state index contributed by atoms with van der Waals surface area (Å²) >= 11 is 0. The van der Waals surface area contributed by atoms with Crippen LogP contribution >= 0.6 is 0 Å². The summed E-state index contributed by atoms with van der Waals surface area (Å²) in [6, 6.07) is 4.62. The smallest absolute Gasteiger partial charge is 0.339 e. The molecule has 1 aromatic heterocycles. The highest BCUT2D eigenvalue weighted by molar-refractivity contribution is 5.82. The third-order valence-corrected chi connectivity index (χ3v) is 5.64. The van der Waals surface area contributed by atoms with E-state index < -0.39 is 11.6 Å². The summed E-state index contributed by atoms with van der Waals surface area (Å²) in [5, 5.41) is 24.0. The Balaban J connectivity index is 1.54. The number of nitrogens with one attached hydrogen (secondary N) is 1. The van der Waals surface area contributed by atoms with Gasteiger partial charge in [-0.1, -0.05) is 0 Å². The molecule has 150 valence electrons. The van der Waals surface area contributed by atoms with Crippen molar-refractivity contribution in [2.75, 3.05) is 6.54 Å². The molecule has 0 saturated heterocycles. The molecule has 0 aliphatic heterocycles. The Hall–Kier alpha value is -2.83. The van der Waals surface area contributed by atoms with Gasteiger partial charge in [-0.05, 0) is 68.6 Å². The van der Waals surface area contributed by atoms with E-state index >= 15 is 0 Å². The first-order valence-corrected chi connectivity index (χ1v) is 9.58. The maximum absolute atomic E-state index is 12.2. The minimum atomic E-state index is -0.984. The SMILES string of the molecule is Cc1c(CCC(=O)NCC2CCC(C(=O)[O-])CC2)c(=O)oc2cc(O)ccc12. The van der Waals surface area contributed by atoms with Crippen LogP contribution in [-0.2, 0) is 16.0 Å². The van der Waals surface area contributed by atoms with E-state index in [1.807, 2.05) is 0 Å². The monoisotopic (exact) mass is 386 g/mol. The number of aliphatic carboxylic acids is 1. The van der Waals surface area contributed by atoms with E-state index in [2.05, 4.69) is 5.32 Å². The molecular weight excluding hydrogens is 362 g/mol. The van der Waals surface area contributed by atoms with Gasteiger partial charge in [0.15, 0.2) is 0 Å². The Bertz CT molecular complexity index is 940. The average Bonchev–Trinajstić information content (AvgIpc) is 2.66. The third-order valence-electron chi connectivity index (χ3n) is 5.64. The van der Waals surface area contributed by atoms with E-state index in [0.717, 1.165) is 23.8 Å². The Morgan fingerprint density at radius 1 is 1.25 bits per heavy atom. The first kappa shape index (κ1) is 19.9. The molecule has 7 nitrogen and oxygen atoms in total. The fourth-order valence-electron chi connectivity index (χ4n) is 3.86. The van der Waals surface area contributed by atoms with Gasteiger partial charge in [-0.2, -0.15) is 0 Å². The number of hydrogen-bond donors (Lipinski definition) is 2.